The third-order valence-corrected chi connectivity index (χ3v) is 30.0. The fraction of sp³-hybridized carbons (Fsp3) is 0.323. The minimum atomic E-state index is -0.396. The number of nitrogens with zero attached hydrogens (tertiary/aromatic N) is 2. The maximum Gasteiger partial charge on any atom is 0.306 e. The van der Waals surface area contributed by atoms with Gasteiger partial charge in [0.2, 0.25) is 0 Å². The first-order chi connectivity index (χ1) is 67.9. The zero-order valence-corrected chi connectivity index (χ0v) is 88.2. The predicted octanol–water partition coefficient (Wildman–Crippen LogP) is 36.2. The van der Waals surface area contributed by atoms with E-state index in [1.165, 1.54) is 179 Å². The van der Waals surface area contributed by atoms with E-state index >= 15 is 0 Å². The Morgan fingerprint density at radius 3 is 1.23 bits per heavy atom. The number of carbonyl (C=O) groups excluding carboxylic acids is 2. The van der Waals surface area contributed by atoms with Crippen molar-refractivity contribution in [3.8, 4) is 88.7 Å². The molecule has 0 fully saturated rings. The number of rotatable bonds is 40. The summed E-state index contributed by atoms with van der Waals surface area (Å²) >= 11 is 3.90. The average Bonchev–Trinajstić information content (AvgIpc) is 1.56. The fourth-order valence-corrected chi connectivity index (χ4v) is 23.8. The fourth-order valence-electron chi connectivity index (χ4n) is 21.7. The minimum absolute atomic E-state index is 0. The first-order valence-electron chi connectivity index (χ1n) is 51.1. The van der Waals surface area contributed by atoms with Crippen LogP contribution in [0.1, 0.15) is 232 Å². The Balaban J connectivity index is 0.000000187. The third-order valence-electron chi connectivity index (χ3n) is 27.6. The molecule has 0 radical (unpaired) electrons. The van der Waals surface area contributed by atoms with Crippen molar-refractivity contribution >= 4 is 93.4 Å². The maximum atomic E-state index is 11.9. The minimum Gasteiger partial charge on any atom is -0.494 e. The number of pyridine rings is 2. The number of hydrogen-bond acceptors (Lipinski definition) is 10. The molecule has 0 saturated heterocycles. The second-order valence-corrected chi connectivity index (χ2v) is 44.0. The summed E-state index contributed by atoms with van der Waals surface area (Å²) in [5.41, 5.74) is 26.2. The van der Waals surface area contributed by atoms with Crippen LogP contribution in [0.15, 0.2) is 318 Å². The number of ether oxygens (including phenoxy) is 4. The second kappa shape index (κ2) is 47.9. The standard InChI is InChI=1S/C64H66NO3S.C53H64O3S.C13H8N.Pt/c1-8-49(9-2)68-60(66)23-15-13-11-10-12-14-18-37-67-50-32-28-45(29-33-50)44-24-26-46(27-25-44)47-30-34-51-52-35-31-48(39-58(52)64(41-43(3)4,57(51)38-47)42-63(5,6)7)59-40-56-54-22-19-36-65-61(54)53-20-16-17-21-55(53)62(56)69-59;1-8-44(9-2)56-51(54)19-15-13-11-10-12-14-16-32-55-45-28-24-40(25-29-45)39-20-22-41(23-21-39)42-26-30-46-47-31-27-43(50-18-17-33-57-50)35-49(47)53(36-38(3)4,48(46)34-42)37-52(5,6)7;1-2-6-12-10(4-1)7-8-11-5-3-9-14-13(11)12;/h8-9,16-17,19,21-22,24-36,38-40,43,49H,1-2,10-15,18,23,37,41-42H2,3-7H3;8-9,18,20-31,34-35,38,44H,1-2,10-17,19,32-33,36-37H2,3-7H3;1-5,7-9H;/q-1;;-1;. The van der Waals surface area contributed by atoms with Crippen molar-refractivity contribution in [2.45, 2.75) is 227 Å². The van der Waals surface area contributed by atoms with Crippen molar-refractivity contribution in [2.75, 3.05) is 19.0 Å². The Bertz CT molecular complexity index is 6770. The van der Waals surface area contributed by atoms with Crippen LogP contribution in [0.4, 0.5) is 0 Å². The van der Waals surface area contributed by atoms with Crippen LogP contribution >= 0.6 is 23.1 Å². The molecule has 12 aromatic carbocycles. The summed E-state index contributed by atoms with van der Waals surface area (Å²) < 4.78 is 24.1. The van der Waals surface area contributed by atoms with Crippen molar-refractivity contribution in [2.24, 2.45) is 22.7 Å². The van der Waals surface area contributed by atoms with Crippen molar-refractivity contribution in [1.29, 1.82) is 0 Å². The van der Waals surface area contributed by atoms with Gasteiger partial charge < -0.3 is 28.9 Å². The van der Waals surface area contributed by atoms with Gasteiger partial charge in [0, 0.05) is 77.4 Å². The molecule has 1 aliphatic heterocycles. The van der Waals surface area contributed by atoms with Crippen LogP contribution in [0.3, 0.4) is 0 Å². The molecule has 2 atom stereocenters. The van der Waals surface area contributed by atoms with Gasteiger partial charge in [0.15, 0.2) is 0 Å². The molecule has 8 nitrogen and oxygen atoms in total. The summed E-state index contributed by atoms with van der Waals surface area (Å²) in [5, 5.41) is 8.23. The van der Waals surface area contributed by atoms with Gasteiger partial charge in [-0.05, 0) is 299 Å². The molecule has 11 heteroatoms. The second-order valence-electron chi connectivity index (χ2n) is 41.8. The van der Waals surface area contributed by atoms with Crippen molar-refractivity contribution in [1.82, 2.24) is 9.97 Å². The molecule has 0 spiro atoms. The van der Waals surface area contributed by atoms with Gasteiger partial charge in [0.05, 0.1) is 13.2 Å². The summed E-state index contributed by atoms with van der Waals surface area (Å²) in [5.74, 6) is 3.74. The summed E-state index contributed by atoms with van der Waals surface area (Å²) in [4.78, 5) is 35.7. The molecular formula is C130H138N2O6PtS2-2. The molecule has 18 rings (SSSR count). The van der Waals surface area contributed by atoms with Crippen LogP contribution in [0.2, 0.25) is 0 Å². The molecule has 2 aliphatic carbocycles. The smallest absolute Gasteiger partial charge is 0.306 e. The average molecular weight is 2080 g/mol. The molecule has 4 heterocycles. The first-order valence-corrected chi connectivity index (χ1v) is 52.9. The summed E-state index contributed by atoms with van der Waals surface area (Å²) in [6, 6.07) is 98.4. The summed E-state index contributed by atoms with van der Waals surface area (Å²) in [6.07, 6.45) is 33.3. The molecule has 0 amide bonds. The van der Waals surface area contributed by atoms with Crippen LogP contribution in [0.25, 0.3) is 136 Å². The Kier molecular flexibility index (Phi) is 35.2. The molecule has 728 valence electrons. The van der Waals surface area contributed by atoms with Gasteiger partial charge in [-0.3, -0.25) is 9.59 Å². The van der Waals surface area contributed by atoms with E-state index in [0.29, 0.717) is 31.3 Å². The Labute approximate surface area is 861 Å². The number of benzene rings is 12. The van der Waals surface area contributed by atoms with Crippen LogP contribution < -0.4 is 9.47 Å². The molecule has 0 N–H and O–H groups in total. The number of esters is 2. The topological polar surface area (TPSA) is 96.8 Å². The van der Waals surface area contributed by atoms with Crippen molar-refractivity contribution in [3.63, 3.8) is 0 Å². The van der Waals surface area contributed by atoms with Crippen molar-refractivity contribution < 1.29 is 49.6 Å². The van der Waals surface area contributed by atoms with E-state index in [-0.39, 0.29) is 60.8 Å². The van der Waals surface area contributed by atoms with Crippen LogP contribution in [-0.2, 0) is 51.0 Å². The molecule has 2 unspecified atom stereocenters. The van der Waals surface area contributed by atoms with E-state index in [9.17, 15) is 9.59 Å². The van der Waals surface area contributed by atoms with E-state index in [4.69, 9.17) is 23.9 Å². The monoisotopic (exact) mass is 2080 g/mol. The normalized spacial score (nSPS) is 14.6. The molecular weight excluding hydrogens is 1940 g/mol. The number of aromatic nitrogens is 2. The number of allylic oxidation sites excluding steroid dienone is 1. The maximum absolute atomic E-state index is 11.9. The zero-order valence-electron chi connectivity index (χ0n) is 84.3. The Morgan fingerprint density at radius 2 is 0.780 bits per heavy atom. The van der Waals surface area contributed by atoms with Gasteiger partial charge in [-0.15, -0.1) is 87.8 Å². The molecule has 3 aliphatic rings. The Morgan fingerprint density at radius 1 is 0.404 bits per heavy atom. The first kappa shape index (κ1) is 104. The van der Waals surface area contributed by atoms with E-state index in [0.717, 1.165) is 130 Å². The number of thioether (sulfide) groups is 1. The third kappa shape index (κ3) is 25.3. The molecule has 0 bridgehead atoms. The van der Waals surface area contributed by atoms with Crippen molar-refractivity contribution in [3.05, 3.63) is 358 Å². The van der Waals surface area contributed by atoms with E-state index in [1.807, 2.05) is 59.8 Å². The number of fused-ring (bicyclic) bond motifs is 15. The summed E-state index contributed by atoms with van der Waals surface area (Å²) in [6.45, 7) is 40.1. The number of hydrogen-bond donors (Lipinski definition) is 0. The van der Waals surface area contributed by atoms with E-state index in [2.05, 4.69) is 343 Å². The molecule has 141 heavy (non-hydrogen) atoms. The van der Waals surface area contributed by atoms with Crippen LogP contribution in [0, 0.1) is 34.8 Å². The quantitative estimate of drug-likeness (QED) is 0.0122. The number of thiophene rings is 1. The van der Waals surface area contributed by atoms with Gasteiger partial charge >= 0.3 is 11.9 Å². The molecule has 0 saturated carbocycles. The number of unbranched alkanes of at least 4 members (excludes halogenated alkanes) is 12. The van der Waals surface area contributed by atoms with E-state index in [1.54, 1.807) is 24.3 Å². The van der Waals surface area contributed by atoms with Gasteiger partial charge in [-0.25, -0.2) is 0 Å². The largest absolute Gasteiger partial charge is 0.494 e. The predicted molar refractivity (Wildman–Crippen MR) is 595 cm³/mol. The SMILES string of the molecule is C=CC(C=C)OC(=O)CCCCCCCCCOc1ccc(-c2ccc(-c3ccc4c(c3)C(CC(C)C)(CC(C)(C)C)c3cc(-c5cc6c7cccnc7c7[c-]cccc7c6s5)ccc3-4)cc2)cc1.C=CC(C=C)OC(=O)CCCCCCCCCOc1ccc(-c2ccc(-c3ccc4c(c3)C(CC(C)C)(CC(C)(C)C)c3cc(C5=CCCS5)ccc3-4)cc2)cc1.[Pt].[c-]1cccc2ccc3cccnc3c12. The number of carbonyl (C=O) groups is 2. The van der Waals surface area contributed by atoms with E-state index < -0.39 is 6.10 Å². The van der Waals surface area contributed by atoms with Crippen LogP contribution in [0.5, 0.6) is 11.5 Å². The van der Waals surface area contributed by atoms with Gasteiger partial charge in [-0.2, -0.15) is 0 Å². The van der Waals surface area contributed by atoms with Gasteiger partial charge in [0.1, 0.15) is 23.7 Å². The summed E-state index contributed by atoms with van der Waals surface area (Å²) in [7, 11) is 0. The molecule has 3 aromatic heterocycles. The van der Waals surface area contributed by atoms with Gasteiger partial charge in [0.25, 0.3) is 0 Å². The van der Waals surface area contributed by atoms with Crippen LogP contribution in [-0.4, -0.2) is 53.1 Å². The zero-order chi connectivity index (χ0) is 97.9. The van der Waals surface area contributed by atoms with Gasteiger partial charge in [-0.1, -0.05) is 317 Å². The molecule has 15 aromatic rings. The Hall–Kier alpha value is -11.8.